The number of rotatable bonds is 0. The average molecular weight is 183 g/mol. The summed E-state index contributed by atoms with van der Waals surface area (Å²) in [4.78, 5) is 14.9. The first-order valence-corrected chi connectivity index (χ1v) is 3.88. The van der Waals surface area contributed by atoms with E-state index in [1.807, 2.05) is 6.92 Å². The maximum Gasteiger partial charge on any atom is 0.412 e. The number of nitrogens with two attached hydrogens (primary N) is 1. The van der Waals surface area contributed by atoms with Gasteiger partial charge in [0.25, 0.3) is 0 Å². The molecule has 72 valence electrons. The van der Waals surface area contributed by atoms with Crippen molar-refractivity contribution in [2.45, 2.75) is 19.5 Å². The highest BCUT2D eigenvalue weighted by atomic mass is 16.5. The van der Waals surface area contributed by atoms with Crippen molar-refractivity contribution in [3.63, 3.8) is 0 Å². The van der Waals surface area contributed by atoms with E-state index in [1.165, 1.54) is 7.11 Å². The molecule has 5 heteroatoms. The van der Waals surface area contributed by atoms with Gasteiger partial charge in [-0.05, 0) is 25.5 Å². The Kier molecular flexibility index (Phi) is 2.38. The Morgan fingerprint density at radius 1 is 1.77 bits per heavy atom. The molecule has 5 nitrogen and oxygen atoms in total. The van der Waals surface area contributed by atoms with Crippen LogP contribution in [0.5, 0.6) is 0 Å². The van der Waals surface area contributed by atoms with Crippen molar-refractivity contribution in [2.24, 2.45) is 10.7 Å². The van der Waals surface area contributed by atoms with Crippen molar-refractivity contribution >= 4 is 11.9 Å². The first kappa shape index (κ1) is 9.73. The third-order valence-corrected chi connectivity index (χ3v) is 1.92. The predicted octanol–water partition coefficient (Wildman–Crippen LogP) is 0.376. The lowest BCUT2D eigenvalue weighted by atomic mass is 10.1. The molecule has 1 aliphatic heterocycles. The lowest BCUT2D eigenvalue weighted by Crippen LogP contribution is -2.34. The van der Waals surface area contributed by atoms with E-state index in [4.69, 9.17) is 5.73 Å². The topological polar surface area (TPSA) is 76.7 Å². The number of ether oxygens (including phenoxy) is 1. The van der Waals surface area contributed by atoms with Crippen molar-refractivity contribution in [1.82, 2.24) is 5.32 Å². The Balaban J connectivity index is 2.71. The van der Waals surface area contributed by atoms with Crippen LogP contribution in [-0.2, 0) is 4.74 Å². The number of alkyl carbamates (subject to hydrolysis) is 1. The predicted molar refractivity (Wildman–Crippen MR) is 49.3 cm³/mol. The number of methoxy groups -OCH3 is 1. The number of amides is 1. The molecule has 0 aromatic rings. The Bertz CT molecular complexity index is 292. The van der Waals surface area contributed by atoms with Gasteiger partial charge in [0.15, 0.2) is 0 Å². The van der Waals surface area contributed by atoms with Gasteiger partial charge < -0.3 is 10.5 Å². The van der Waals surface area contributed by atoms with Crippen LogP contribution in [0, 0.1) is 0 Å². The van der Waals surface area contributed by atoms with Gasteiger partial charge in [-0.2, -0.15) is 0 Å². The smallest absolute Gasteiger partial charge is 0.412 e. The molecule has 0 saturated carbocycles. The Morgan fingerprint density at radius 2 is 2.38 bits per heavy atom. The zero-order chi connectivity index (χ0) is 10.1. The molecule has 13 heavy (non-hydrogen) atoms. The Morgan fingerprint density at radius 3 is 2.77 bits per heavy atom. The minimum absolute atomic E-state index is 0.439. The van der Waals surface area contributed by atoms with Crippen LogP contribution in [0.2, 0.25) is 0 Å². The summed E-state index contributed by atoms with van der Waals surface area (Å²) >= 11 is 0. The number of amidine groups is 1. The number of carbonyl (C=O) groups is 1. The summed E-state index contributed by atoms with van der Waals surface area (Å²) in [5.41, 5.74) is 5.97. The van der Waals surface area contributed by atoms with E-state index in [1.54, 1.807) is 13.0 Å². The highest BCUT2D eigenvalue weighted by Crippen LogP contribution is 2.19. The van der Waals surface area contributed by atoms with Crippen molar-refractivity contribution < 1.29 is 9.53 Å². The molecule has 1 rings (SSSR count). The molecule has 1 aliphatic rings. The fourth-order valence-electron chi connectivity index (χ4n) is 0.941. The van der Waals surface area contributed by atoms with Gasteiger partial charge in [0.05, 0.1) is 7.11 Å². The molecule has 0 saturated heterocycles. The third-order valence-electron chi connectivity index (χ3n) is 1.92. The van der Waals surface area contributed by atoms with Crippen molar-refractivity contribution in [2.75, 3.05) is 7.11 Å². The van der Waals surface area contributed by atoms with E-state index in [-0.39, 0.29) is 0 Å². The summed E-state index contributed by atoms with van der Waals surface area (Å²) in [5.74, 6) is 0.439. The van der Waals surface area contributed by atoms with Crippen LogP contribution in [0.3, 0.4) is 0 Å². The SMILES string of the molecule is COC(=O)NC1=NC(C)(N)C(C)=C1. The van der Waals surface area contributed by atoms with E-state index in [9.17, 15) is 4.79 Å². The van der Waals surface area contributed by atoms with Crippen LogP contribution in [-0.4, -0.2) is 24.7 Å². The standard InChI is InChI=1S/C8H13N3O2/c1-5-4-6(10-7(12)13-3)11-8(5,2)9/h4H,9H2,1-3H3,(H,10,11,12). The highest BCUT2D eigenvalue weighted by molar-refractivity contribution is 6.04. The van der Waals surface area contributed by atoms with Crippen LogP contribution < -0.4 is 11.1 Å². The van der Waals surface area contributed by atoms with Crippen molar-refractivity contribution in [3.05, 3.63) is 11.6 Å². The van der Waals surface area contributed by atoms with Crippen molar-refractivity contribution in [1.29, 1.82) is 0 Å². The van der Waals surface area contributed by atoms with Gasteiger partial charge in [-0.1, -0.05) is 0 Å². The zero-order valence-electron chi connectivity index (χ0n) is 7.92. The van der Waals surface area contributed by atoms with Crippen LogP contribution in [0.15, 0.2) is 16.6 Å². The Labute approximate surface area is 76.7 Å². The summed E-state index contributed by atoms with van der Waals surface area (Å²) in [6, 6.07) is 0. The first-order chi connectivity index (χ1) is 5.95. The Hall–Kier alpha value is -1.36. The molecule has 1 unspecified atom stereocenters. The minimum atomic E-state index is -0.712. The van der Waals surface area contributed by atoms with Gasteiger partial charge in [-0.25, -0.2) is 9.79 Å². The lowest BCUT2D eigenvalue weighted by Gasteiger charge is -2.15. The van der Waals surface area contributed by atoms with Crippen LogP contribution in [0.25, 0.3) is 0 Å². The van der Waals surface area contributed by atoms with Gasteiger partial charge in [0, 0.05) is 0 Å². The maximum atomic E-state index is 10.8. The van der Waals surface area contributed by atoms with Crippen molar-refractivity contribution in [3.8, 4) is 0 Å². The largest absolute Gasteiger partial charge is 0.453 e. The number of nitrogens with zero attached hydrogens (tertiary/aromatic N) is 1. The quantitative estimate of drug-likeness (QED) is 0.569. The van der Waals surface area contributed by atoms with Gasteiger partial charge in [-0.15, -0.1) is 0 Å². The molecule has 0 fully saturated rings. The molecule has 0 spiro atoms. The molecule has 0 bridgehead atoms. The number of nitrogens with one attached hydrogen (secondary N) is 1. The highest BCUT2D eigenvalue weighted by Gasteiger charge is 2.26. The van der Waals surface area contributed by atoms with E-state index in [0.717, 1.165) is 5.57 Å². The molecule has 1 amide bonds. The summed E-state index contributed by atoms with van der Waals surface area (Å²) in [5, 5.41) is 2.45. The fourth-order valence-corrected chi connectivity index (χ4v) is 0.941. The van der Waals surface area contributed by atoms with Gasteiger partial charge in [0.1, 0.15) is 11.5 Å². The van der Waals surface area contributed by atoms with E-state index in [2.05, 4.69) is 15.0 Å². The van der Waals surface area contributed by atoms with E-state index in [0.29, 0.717) is 5.84 Å². The molecule has 0 radical (unpaired) electrons. The molecule has 1 atom stereocenters. The normalized spacial score (nSPS) is 26.5. The number of carbonyl (C=O) groups excluding carboxylic acids is 1. The molecule has 0 aromatic carbocycles. The summed E-state index contributed by atoms with van der Waals surface area (Å²) < 4.78 is 4.41. The third kappa shape index (κ3) is 2.06. The summed E-state index contributed by atoms with van der Waals surface area (Å²) in [6.45, 7) is 3.63. The van der Waals surface area contributed by atoms with Crippen LogP contribution >= 0.6 is 0 Å². The van der Waals surface area contributed by atoms with Gasteiger partial charge in [-0.3, -0.25) is 5.32 Å². The monoisotopic (exact) mass is 183 g/mol. The van der Waals surface area contributed by atoms with Gasteiger partial charge in [0.2, 0.25) is 0 Å². The van der Waals surface area contributed by atoms with E-state index < -0.39 is 11.8 Å². The summed E-state index contributed by atoms with van der Waals surface area (Å²) in [7, 11) is 1.29. The molecule has 0 aromatic heterocycles. The molecular weight excluding hydrogens is 170 g/mol. The molecule has 0 aliphatic carbocycles. The number of aliphatic imine (C=N–C) groups is 1. The van der Waals surface area contributed by atoms with Gasteiger partial charge >= 0.3 is 6.09 Å². The molecular formula is C8H13N3O2. The van der Waals surface area contributed by atoms with Crippen LogP contribution in [0.1, 0.15) is 13.8 Å². The first-order valence-electron chi connectivity index (χ1n) is 3.88. The number of hydrogen-bond donors (Lipinski definition) is 2. The summed E-state index contributed by atoms with van der Waals surface area (Å²) in [6.07, 6.45) is 1.18. The second-order valence-electron chi connectivity index (χ2n) is 3.09. The molecule has 3 N–H and O–H groups in total. The average Bonchev–Trinajstić information content (AvgIpc) is 2.25. The zero-order valence-corrected chi connectivity index (χ0v) is 7.92. The van der Waals surface area contributed by atoms with E-state index >= 15 is 0 Å². The van der Waals surface area contributed by atoms with Crippen LogP contribution in [0.4, 0.5) is 4.79 Å². The lowest BCUT2D eigenvalue weighted by molar-refractivity contribution is 0.177. The minimum Gasteiger partial charge on any atom is -0.453 e. The fraction of sp³-hybridized carbons (Fsp3) is 0.500. The second-order valence-corrected chi connectivity index (χ2v) is 3.09. The molecule has 1 heterocycles. The number of hydrogen-bond acceptors (Lipinski definition) is 4. The maximum absolute atomic E-state index is 10.8. The second kappa shape index (κ2) is 3.18.